The second kappa shape index (κ2) is 7.09. The summed E-state index contributed by atoms with van der Waals surface area (Å²) in [6.07, 6.45) is 2.87. The Labute approximate surface area is 128 Å². The van der Waals surface area contributed by atoms with Gasteiger partial charge in [0.05, 0.1) is 5.56 Å². The number of phenolic OH excluding ortho intramolecular Hbond substituents is 1. The molecule has 20 heavy (non-hydrogen) atoms. The maximum Gasteiger partial charge on any atom is 0.257 e. The number of piperidine rings is 1. The molecule has 1 heterocycles. The van der Waals surface area contributed by atoms with Crippen LogP contribution in [0.5, 0.6) is 5.75 Å². The fraction of sp³-hybridized carbons (Fsp3) is 0.533. The molecule has 0 unspecified atom stereocenters. The van der Waals surface area contributed by atoms with Crippen molar-refractivity contribution < 1.29 is 9.90 Å². The van der Waals surface area contributed by atoms with Gasteiger partial charge in [0, 0.05) is 17.1 Å². The van der Waals surface area contributed by atoms with Crippen LogP contribution in [0.25, 0.3) is 0 Å². The summed E-state index contributed by atoms with van der Waals surface area (Å²) in [6.45, 7) is 4.70. The molecule has 2 N–H and O–H groups in total. The number of benzene rings is 1. The summed E-state index contributed by atoms with van der Waals surface area (Å²) in [4.78, 5) is 14.7. The zero-order valence-corrected chi connectivity index (χ0v) is 13.3. The smallest absolute Gasteiger partial charge is 0.257 e. The van der Waals surface area contributed by atoms with Crippen LogP contribution in [0.3, 0.4) is 0 Å². The van der Waals surface area contributed by atoms with Crippen LogP contribution in [0, 0.1) is 0 Å². The van der Waals surface area contributed by atoms with Crippen LogP contribution in [-0.2, 0) is 0 Å². The number of amides is 1. The van der Waals surface area contributed by atoms with Crippen LogP contribution in [-0.4, -0.2) is 41.6 Å². The van der Waals surface area contributed by atoms with Crippen molar-refractivity contribution in [3.05, 3.63) is 28.2 Å². The number of carbonyl (C=O) groups excluding carboxylic acids is 1. The molecule has 1 saturated heterocycles. The Morgan fingerprint density at radius 3 is 2.80 bits per heavy atom. The number of halogens is 1. The number of hydrogen-bond acceptors (Lipinski definition) is 3. The molecule has 5 heteroatoms. The van der Waals surface area contributed by atoms with E-state index in [2.05, 4.69) is 28.2 Å². The topological polar surface area (TPSA) is 52.6 Å². The highest BCUT2D eigenvalue weighted by Crippen LogP contribution is 2.25. The maximum atomic E-state index is 12.7. The Hall–Kier alpha value is -1.07. The van der Waals surface area contributed by atoms with Crippen LogP contribution in [0.1, 0.15) is 36.5 Å². The molecule has 0 atom stereocenters. The van der Waals surface area contributed by atoms with E-state index >= 15 is 0 Å². The third-order valence-electron chi connectivity index (χ3n) is 3.66. The SMILES string of the molecule is CCCN(C(=O)c1cc(Br)ccc1O)C1CCNCC1. The predicted molar refractivity (Wildman–Crippen MR) is 83.0 cm³/mol. The number of phenols is 1. The van der Waals surface area contributed by atoms with Gasteiger partial charge in [-0.2, -0.15) is 0 Å². The van der Waals surface area contributed by atoms with Gasteiger partial charge in [0.15, 0.2) is 0 Å². The summed E-state index contributed by atoms with van der Waals surface area (Å²) in [5.74, 6) is -0.0224. The quantitative estimate of drug-likeness (QED) is 0.886. The monoisotopic (exact) mass is 340 g/mol. The van der Waals surface area contributed by atoms with Crippen LogP contribution < -0.4 is 5.32 Å². The Kier molecular flexibility index (Phi) is 5.43. The molecule has 1 aromatic rings. The summed E-state index contributed by atoms with van der Waals surface area (Å²) in [7, 11) is 0. The second-order valence-electron chi connectivity index (χ2n) is 5.14. The van der Waals surface area contributed by atoms with Gasteiger partial charge in [-0.3, -0.25) is 4.79 Å². The molecule has 1 aliphatic rings. The number of nitrogens with zero attached hydrogens (tertiary/aromatic N) is 1. The van der Waals surface area contributed by atoms with Crippen molar-refractivity contribution in [3.8, 4) is 5.75 Å². The zero-order valence-electron chi connectivity index (χ0n) is 11.7. The molecule has 110 valence electrons. The zero-order chi connectivity index (χ0) is 14.5. The largest absolute Gasteiger partial charge is 0.507 e. The van der Waals surface area contributed by atoms with E-state index in [9.17, 15) is 9.90 Å². The summed E-state index contributed by atoms with van der Waals surface area (Å²) >= 11 is 3.36. The third kappa shape index (κ3) is 3.52. The van der Waals surface area contributed by atoms with E-state index in [4.69, 9.17) is 0 Å². The Morgan fingerprint density at radius 2 is 2.15 bits per heavy atom. The normalized spacial score (nSPS) is 16.1. The van der Waals surface area contributed by atoms with Crippen LogP contribution in [0.4, 0.5) is 0 Å². The molecule has 2 rings (SSSR count). The van der Waals surface area contributed by atoms with E-state index in [1.807, 2.05) is 4.90 Å². The molecule has 0 bridgehead atoms. The lowest BCUT2D eigenvalue weighted by molar-refractivity contribution is 0.0639. The molecule has 4 nitrogen and oxygen atoms in total. The van der Waals surface area contributed by atoms with Gasteiger partial charge in [-0.05, 0) is 50.6 Å². The highest BCUT2D eigenvalue weighted by Gasteiger charge is 2.27. The lowest BCUT2D eigenvalue weighted by atomic mass is 10.0. The standard InChI is InChI=1S/C15H21BrN2O2/c1-2-9-18(12-5-7-17-8-6-12)15(20)13-10-11(16)3-4-14(13)19/h3-4,10,12,17,19H,2,5-9H2,1H3. The van der Waals surface area contributed by atoms with E-state index in [0.29, 0.717) is 5.56 Å². The van der Waals surface area contributed by atoms with Crippen molar-refractivity contribution in [1.82, 2.24) is 10.2 Å². The van der Waals surface area contributed by atoms with Crippen LogP contribution in [0.2, 0.25) is 0 Å². The molecule has 0 aliphatic carbocycles. The number of aromatic hydroxyl groups is 1. The molecule has 0 aromatic heterocycles. The molecule has 1 aromatic carbocycles. The van der Waals surface area contributed by atoms with Gasteiger partial charge in [0.25, 0.3) is 5.91 Å². The first-order valence-electron chi connectivity index (χ1n) is 7.13. The Morgan fingerprint density at radius 1 is 1.45 bits per heavy atom. The van der Waals surface area contributed by atoms with Gasteiger partial charge in [-0.1, -0.05) is 22.9 Å². The molecular weight excluding hydrogens is 320 g/mol. The fourth-order valence-electron chi connectivity index (χ4n) is 2.64. The van der Waals surface area contributed by atoms with E-state index < -0.39 is 0 Å². The van der Waals surface area contributed by atoms with Crippen LogP contribution >= 0.6 is 15.9 Å². The molecule has 1 amide bonds. The third-order valence-corrected chi connectivity index (χ3v) is 4.16. The van der Waals surface area contributed by atoms with Crippen molar-refractivity contribution in [2.45, 2.75) is 32.2 Å². The fourth-order valence-corrected chi connectivity index (χ4v) is 3.00. The molecule has 0 radical (unpaired) electrons. The van der Waals surface area contributed by atoms with Crippen LogP contribution in [0.15, 0.2) is 22.7 Å². The van der Waals surface area contributed by atoms with Gasteiger partial charge in [0.1, 0.15) is 5.75 Å². The van der Waals surface area contributed by atoms with Crippen molar-refractivity contribution in [2.75, 3.05) is 19.6 Å². The Bertz CT molecular complexity index is 473. The summed E-state index contributed by atoms with van der Waals surface area (Å²) in [5, 5.41) is 13.3. The van der Waals surface area contributed by atoms with Crippen molar-refractivity contribution >= 4 is 21.8 Å². The number of nitrogens with one attached hydrogen (secondary N) is 1. The average Bonchev–Trinajstić information content (AvgIpc) is 2.47. The minimum atomic E-state index is -0.0717. The van der Waals surface area contributed by atoms with Crippen molar-refractivity contribution in [3.63, 3.8) is 0 Å². The van der Waals surface area contributed by atoms with Gasteiger partial charge in [0.2, 0.25) is 0 Å². The number of rotatable bonds is 4. The van der Waals surface area contributed by atoms with E-state index in [-0.39, 0.29) is 17.7 Å². The molecule has 0 saturated carbocycles. The van der Waals surface area contributed by atoms with E-state index in [0.717, 1.165) is 43.4 Å². The number of carbonyl (C=O) groups is 1. The first-order valence-corrected chi connectivity index (χ1v) is 7.93. The summed E-state index contributed by atoms with van der Waals surface area (Å²) in [6, 6.07) is 5.26. The van der Waals surface area contributed by atoms with E-state index in [1.54, 1.807) is 18.2 Å². The Balaban J connectivity index is 2.23. The minimum Gasteiger partial charge on any atom is -0.507 e. The number of hydrogen-bond donors (Lipinski definition) is 2. The maximum absolute atomic E-state index is 12.7. The predicted octanol–water partition coefficient (Wildman–Crippen LogP) is 2.76. The van der Waals surface area contributed by atoms with Crippen molar-refractivity contribution in [2.24, 2.45) is 0 Å². The minimum absolute atomic E-state index is 0.0493. The molecule has 1 aliphatic heterocycles. The lowest BCUT2D eigenvalue weighted by Gasteiger charge is -2.34. The van der Waals surface area contributed by atoms with Gasteiger partial charge >= 0.3 is 0 Å². The van der Waals surface area contributed by atoms with Crippen molar-refractivity contribution in [1.29, 1.82) is 0 Å². The first kappa shape index (κ1) is 15.3. The van der Waals surface area contributed by atoms with E-state index in [1.165, 1.54) is 0 Å². The van der Waals surface area contributed by atoms with Gasteiger partial charge in [-0.25, -0.2) is 0 Å². The lowest BCUT2D eigenvalue weighted by Crippen LogP contribution is -2.46. The first-order chi connectivity index (χ1) is 9.63. The second-order valence-corrected chi connectivity index (χ2v) is 6.06. The summed E-state index contributed by atoms with van der Waals surface area (Å²) < 4.78 is 0.806. The van der Waals surface area contributed by atoms with Gasteiger partial charge in [-0.15, -0.1) is 0 Å². The highest BCUT2D eigenvalue weighted by molar-refractivity contribution is 9.10. The van der Waals surface area contributed by atoms with Gasteiger partial charge < -0.3 is 15.3 Å². The average molecular weight is 341 g/mol. The summed E-state index contributed by atoms with van der Waals surface area (Å²) in [5.41, 5.74) is 0.381. The molecule has 1 fully saturated rings. The molecule has 0 spiro atoms. The highest BCUT2D eigenvalue weighted by atomic mass is 79.9. The molecular formula is C15H21BrN2O2.